The lowest BCUT2D eigenvalue weighted by Gasteiger charge is -2.38. The largest absolute Gasteiger partial charge is 0.484 e. The van der Waals surface area contributed by atoms with Crippen molar-refractivity contribution in [3.8, 4) is 5.75 Å². The molecule has 0 aromatic heterocycles. The molecule has 0 spiro atoms. The highest BCUT2D eigenvalue weighted by Crippen LogP contribution is 2.23. The SMILES string of the molecule is COC(CNC(=O)c1ccc(OCC(=O)N2C(C)CCCC2C)cc1)C(=O)O. The molecule has 1 aliphatic rings. The molecule has 0 bridgehead atoms. The van der Waals surface area contributed by atoms with Crippen molar-refractivity contribution in [2.45, 2.75) is 51.3 Å². The minimum Gasteiger partial charge on any atom is -0.484 e. The van der Waals surface area contributed by atoms with Crippen molar-refractivity contribution in [2.24, 2.45) is 0 Å². The minimum absolute atomic E-state index is 0.0409. The number of benzene rings is 1. The molecule has 3 atom stereocenters. The molecule has 3 unspecified atom stereocenters. The number of nitrogens with zero attached hydrogens (tertiary/aromatic N) is 1. The zero-order valence-electron chi connectivity index (χ0n) is 16.5. The van der Waals surface area contributed by atoms with E-state index in [0.29, 0.717) is 11.3 Å². The molecule has 154 valence electrons. The second-order valence-corrected chi connectivity index (χ2v) is 7.02. The molecule has 0 saturated carbocycles. The Balaban J connectivity index is 1.86. The van der Waals surface area contributed by atoms with E-state index in [0.717, 1.165) is 19.3 Å². The highest BCUT2D eigenvalue weighted by atomic mass is 16.5. The van der Waals surface area contributed by atoms with Crippen LogP contribution in [0.5, 0.6) is 5.75 Å². The summed E-state index contributed by atoms with van der Waals surface area (Å²) in [7, 11) is 1.27. The number of piperidine rings is 1. The number of carbonyl (C=O) groups excluding carboxylic acids is 2. The molecule has 8 nitrogen and oxygen atoms in total. The van der Waals surface area contributed by atoms with Crippen molar-refractivity contribution in [1.29, 1.82) is 0 Å². The van der Waals surface area contributed by atoms with Crippen LogP contribution in [0.25, 0.3) is 0 Å². The Morgan fingerprint density at radius 1 is 1.18 bits per heavy atom. The first-order valence-electron chi connectivity index (χ1n) is 9.41. The smallest absolute Gasteiger partial charge is 0.334 e. The van der Waals surface area contributed by atoms with E-state index in [1.807, 2.05) is 4.90 Å². The molecule has 8 heteroatoms. The Bertz CT molecular complexity index is 680. The van der Waals surface area contributed by atoms with Crippen LogP contribution in [0.1, 0.15) is 43.5 Å². The number of nitrogens with one attached hydrogen (secondary N) is 1. The first-order valence-corrected chi connectivity index (χ1v) is 9.41. The fourth-order valence-corrected chi connectivity index (χ4v) is 3.39. The second-order valence-electron chi connectivity index (χ2n) is 7.02. The Labute approximate surface area is 164 Å². The van der Waals surface area contributed by atoms with E-state index in [2.05, 4.69) is 19.2 Å². The first-order chi connectivity index (χ1) is 13.3. The van der Waals surface area contributed by atoms with E-state index < -0.39 is 18.0 Å². The summed E-state index contributed by atoms with van der Waals surface area (Å²) in [4.78, 5) is 37.3. The summed E-state index contributed by atoms with van der Waals surface area (Å²) in [6.45, 7) is 3.93. The highest BCUT2D eigenvalue weighted by molar-refractivity contribution is 5.94. The van der Waals surface area contributed by atoms with Gasteiger partial charge in [-0.05, 0) is 57.4 Å². The molecule has 1 aliphatic heterocycles. The number of carbonyl (C=O) groups is 3. The van der Waals surface area contributed by atoms with Gasteiger partial charge in [0.05, 0.1) is 6.54 Å². The first kappa shape index (κ1) is 21.7. The summed E-state index contributed by atoms with van der Waals surface area (Å²) in [6.07, 6.45) is 2.04. The summed E-state index contributed by atoms with van der Waals surface area (Å²) >= 11 is 0. The van der Waals surface area contributed by atoms with Gasteiger partial charge in [-0.3, -0.25) is 9.59 Å². The lowest BCUT2D eigenvalue weighted by atomic mass is 9.97. The monoisotopic (exact) mass is 392 g/mol. The maximum absolute atomic E-state index is 12.5. The van der Waals surface area contributed by atoms with Gasteiger partial charge in [0.25, 0.3) is 11.8 Å². The molecule has 1 saturated heterocycles. The third-order valence-corrected chi connectivity index (χ3v) is 4.97. The van der Waals surface area contributed by atoms with Gasteiger partial charge < -0.3 is 24.8 Å². The molecule has 1 fully saturated rings. The minimum atomic E-state index is -1.14. The van der Waals surface area contributed by atoms with Crippen LogP contribution in [0.3, 0.4) is 0 Å². The van der Waals surface area contributed by atoms with Crippen molar-refractivity contribution in [1.82, 2.24) is 10.2 Å². The Hall–Kier alpha value is -2.61. The van der Waals surface area contributed by atoms with Crippen molar-refractivity contribution in [3.63, 3.8) is 0 Å². The maximum atomic E-state index is 12.5. The number of amides is 2. The highest BCUT2D eigenvalue weighted by Gasteiger charge is 2.29. The molecule has 2 amide bonds. The van der Waals surface area contributed by atoms with E-state index >= 15 is 0 Å². The zero-order valence-corrected chi connectivity index (χ0v) is 16.5. The molecule has 1 aromatic carbocycles. The topological polar surface area (TPSA) is 105 Å². The standard InChI is InChI=1S/C20H28N2O6/c1-13-5-4-6-14(2)22(13)18(23)12-28-16-9-7-15(8-10-16)19(24)21-11-17(27-3)20(25)26/h7-10,13-14,17H,4-6,11-12H2,1-3H3,(H,21,24)(H,25,26). The molecular weight excluding hydrogens is 364 g/mol. The van der Waals surface area contributed by atoms with Gasteiger partial charge in [-0.15, -0.1) is 0 Å². The molecule has 0 aliphatic carbocycles. The zero-order chi connectivity index (χ0) is 20.7. The van der Waals surface area contributed by atoms with Crippen LogP contribution in [0.4, 0.5) is 0 Å². The molecule has 1 aromatic rings. The molecule has 2 N–H and O–H groups in total. The van der Waals surface area contributed by atoms with Gasteiger partial charge in [-0.25, -0.2) is 4.79 Å². The number of likely N-dealkylation sites (tertiary alicyclic amines) is 1. The van der Waals surface area contributed by atoms with Gasteiger partial charge in [0, 0.05) is 24.8 Å². The third-order valence-electron chi connectivity index (χ3n) is 4.97. The van der Waals surface area contributed by atoms with Crippen LogP contribution in [-0.4, -0.2) is 66.2 Å². The van der Waals surface area contributed by atoms with Gasteiger partial charge in [0.2, 0.25) is 0 Å². The summed E-state index contributed by atoms with van der Waals surface area (Å²) in [6, 6.07) is 6.76. The van der Waals surface area contributed by atoms with Crippen LogP contribution < -0.4 is 10.1 Å². The number of carboxylic acid groups (broad SMARTS) is 1. The molecule has 28 heavy (non-hydrogen) atoms. The lowest BCUT2D eigenvalue weighted by molar-refractivity contribution is -0.148. The van der Waals surface area contributed by atoms with Gasteiger partial charge in [0.1, 0.15) is 5.75 Å². The van der Waals surface area contributed by atoms with Gasteiger partial charge >= 0.3 is 5.97 Å². The Morgan fingerprint density at radius 2 is 1.79 bits per heavy atom. The molecular formula is C20H28N2O6. The fourth-order valence-electron chi connectivity index (χ4n) is 3.39. The van der Waals surface area contributed by atoms with Crippen LogP contribution in [-0.2, 0) is 14.3 Å². The number of hydrogen-bond acceptors (Lipinski definition) is 5. The Kier molecular flexibility index (Phi) is 7.80. The predicted octanol–water partition coefficient (Wildman–Crippen LogP) is 1.68. The molecule has 2 rings (SSSR count). The van der Waals surface area contributed by atoms with Crippen LogP contribution >= 0.6 is 0 Å². The summed E-state index contributed by atoms with van der Waals surface area (Å²) < 4.78 is 10.3. The van der Waals surface area contributed by atoms with Gasteiger partial charge in [-0.2, -0.15) is 0 Å². The van der Waals surface area contributed by atoms with Crippen LogP contribution in [0.2, 0.25) is 0 Å². The van der Waals surface area contributed by atoms with Crippen LogP contribution in [0.15, 0.2) is 24.3 Å². The Morgan fingerprint density at radius 3 is 2.32 bits per heavy atom. The number of aliphatic carboxylic acids is 1. The van der Waals surface area contributed by atoms with E-state index in [1.54, 1.807) is 24.3 Å². The number of rotatable bonds is 8. The molecule has 1 heterocycles. The number of carboxylic acids is 1. The van der Waals surface area contributed by atoms with Crippen molar-refractivity contribution < 1.29 is 29.0 Å². The van der Waals surface area contributed by atoms with Crippen LogP contribution in [0, 0.1) is 0 Å². The van der Waals surface area contributed by atoms with Gasteiger partial charge in [-0.1, -0.05) is 0 Å². The maximum Gasteiger partial charge on any atom is 0.334 e. The lowest BCUT2D eigenvalue weighted by Crippen LogP contribution is -2.49. The summed E-state index contributed by atoms with van der Waals surface area (Å²) in [5.41, 5.74) is 0.359. The van der Waals surface area contributed by atoms with Crippen molar-refractivity contribution >= 4 is 17.8 Å². The summed E-state index contributed by atoms with van der Waals surface area (Å²) in [5.74, 6) is -1.11. The van der Waals surface area contributed by atoms with E-state index in [1.165, 1.54) is 7.11 Å². The number of methoxy groups -OCH3 is 1. The van der Waals surface area contributed by atoms with Crippen molar-refractivity contribution in [3.05, 3.63) is 29.8 Å². The average molecular weight is 392 g/mol. The third kappa shape index (κ3) is 5.69. The quantitative estimate of drug-likeness (QED) is 0.697. The van der Waals surface area contributed by atoms with E-state index in [-0.39, 0.29) is 31.1 Å². The summed E-state index contributed by atoms with van der Waals surface area (Å²) in [5, 5.41) is 11.4. The van der Waals surface area contributed by atoms with Crippen molar-refractivity contribution in [2.75, 3.05) is 20.3 Å². The second kappa shape index (κ2) is 10.1. The fraction of sp³-hybridized carbons (Fsp3) is 0.550. The van der Waals surface area contributed by atoms with E-state index in [4.69, 9.17) is 14.6 Å². The van der Waals surface area contributed by atoms with Gasteiger partial charge in [0.15, 0.2) is 12.7 Å². The normalized spacial score (nSPS) is 20.3. The average Bonchev–Trinajstić information content (AvgIpc) is 2.66. The molecule has 0 radical (unpaired) electrons. The number of hydrogen-bond donors (Lipinski definition) is 2. The van der Waals surface area contributed by atoms with E-state index in [9.17, 15) is 14.4 Å². The number of ether oxygens (including phenoxy) is 2. The predicted molar refractivity (Wildman–Crippen MR) is 102 cm³/mol.